The molecule has 1 amide bonds. The van der Waals surface area contributed by atoms with E-state index in [2.05, 4.69) is 6.58 Å². The molecule has 0 radical (unpaired) electrons. The Morgan fingerprint density at radius 1 is 0.966 bits per heavy atom. The minimum atomic E-state index is -2.51. The van der Waals surface area contributed by atoms with Crippen LogP contribution in [0.15, 0.2) is 36.0 Å². The van der Waals surface area contributed by atoms with Crippen LogP contribution in [-0.2, 0) is 42.9 Å². The van der Waals surface area contributed by atoms with Crippen molar-refractivity contribution in [1.82, 2.24) is 4.90 Å². The molecule has 3 aliphatic heterocycles. The second-order valence-corrected chi connectivity index (χ2v) is 17.6. The molecule has 14 atom stereocenters. The highest BCUT2D eigenvalue weighted by Crippen LogP contribution is 2.39. The SMILES string of the molecule is C=CCOC1CCC(C=C(C)C2OC(=O)C3CC(CC)CCN3C(=O)C(=O)C3(O)OC(C(OC)CC(C)C/C(C)=C\CC(=O)CC(O)C2C)C(OC)CC3C)CC1O. The Labute approximate surface area is 345 Å². The van der Waals surface area contributed by atoms with Crippen LogP contribution in [0.1, 0.15) is 112 Å². The zero-order valence-electron chi connectivity index (χ0n) is 36.1. The first-order chi connectivity index (χ1) is 27.5. The molecule has 3 fully saturated rings. The van der Waals surface area contributed by atoms with Crippen molar-refractivity contribution in [2.24, 2.45) is 29.6 Å². The number of Topliss-reactive ketones (excluding diaryl/α,β-unsaturated/α-hetero) is 2. The number of ether oxygens (including phenoxy) is 5. The number of fused-ring (bicyclic) bond motifs is 3. The van der Waals surface area contributed by atoms with Gasteiger partial charge in [-0.25, -0.2) is 4.79 Å². The van der Waals surface area contributed by atoms with Crippen molar-refractivity contribution in [3.63, 3.8) is 0 Å². The summed E-state index contributed by atoms with van der Waals surface area (Å²) in [6.45, 7) is 15.3. The first-order valence-electron chi connectivity index (χ1n) is 21.4. The topological polar surface area (TPSA) is 178 Å². The van der Waals surface area contributed by atoms with Crippen LogP contribution in [0.3, 0.4) is 0 Å². The number of carbonyl (C=O) groups is 4. The monoisotopic (exact) mass is 817 g/mol. The number of nitrogens with zero attached hydrogens (tertiary/aromatic N) is 1. The summed E-state index contributed by atoms with van der Waals surface area (Å²) < 4.78 is 30.0. The lowest BCUT2D eigenvalue weighted by Crippen LogP contribution is -2.64. The van der Waals surface area contributed by atoms with Crippen LogP contribution < -0.4 is 0 Å². The molecule has 328 valence electrons. The summed E-state index contributed by atoms with van der Waals surface area (Å²) in [7, 11) is 3.06. The molecule has 3 N–H and O–H groups in total. The molecule has 0 spiro atoms. The smallest absolute Gasteiger partial charge is 0.329 e. The Morgan fingerprint density at radius 3 is 2.29 bits per heavy atom. The number of carbonyl (C=O) groups excluding carboxylic acids is 4. The van der Waals surface area contributed by atoms with Crippen LogP contribution in [0.25, 0.3) is 0 Å². The zero-order chi connectivity index (χ0) is 42.9. The number of allylic oxidation sites excluding steroid dienone is 3. The van der Waals surface area contributed by atoms with Gasteiger partial charge in [-0.3, -0.25) is 14.4 Å². The van der Waals surface area contributed by atoms with Crippen LogP contribution in [0.2, 0.25) is 0 Å². The van der Waals surface area contributed by atoms with Crippen LogP contribution >= 0.6 is 0 Å². The summed E-state index contributed by atoms with van der Waals surface area (Å²) in [5, 5.41) is 34.5. The Kier molecular flexibility index (Phi) is 17.9. The Hall–Kier alpha value is -2.78. The maximum atomic E-state index is 14.5. The lowest BCUT2D eigenvalue weighted by molar-refractivity contribution is -0.302. The van der Waals surface area contributed by atoms with E-state index in [1.54, 1.807) is 26.8 Å². The lowest BCUT2D eigenvalue weighted by atomic mass is 9.81. The van der Waals surface area contributed by atoms with Gasteiger partial charge in [-0.1, -0.05) is 57.9 Å². The summed E-state index contributed by atoms with van der Waals surface area (Å²) >= 11 is 0. The molecule has 0 aromatic carbocycles. The van der Waals surface area contributed by atoms with Crippen LogP contribution in [0.5, 0.6) is 0 Å². The molecule has 1 saturated carbocycles. The van der Waals surface area contributed by atoms with Crippen LogP contribution in [0.4, 0.5) is 0 Å². The first-order valence-corrected chi connectivity index (χ1v) is 21.4. The van der Waals surface area contributed by atoms with E-state index >= 15 is 0 Å². The number of ketones is 2. The average molecular weight is 818 g/mol. The molecule has 13 nitrogen and oxygen atoms in total. The quantitative estimate of drug-likeness (QED) is 0.169. The van der Waals surface area contributed by atoms with E-state index in [1.165, 1.54) is 19.1 Å². The second kappa shape index (κ2) is 21.7. The highest BCUT2D eigenvalue weighted by atomic mass is 16.7. The van der Waals surface area contributed by atoms with Crippen molar-refractivity contribution < 1.29 is 58.2 Å². The van der Waals surface area contributed by atoms with Gasteiger partial charge in [0.25, 0.3) is 11.7 Å². The van der Waals surface area contributed by atoms with Gasteiger partial charge in [0.2, 0.25) is 5.79 Å². The van der Waals surface area contributed by atoms with E-state index in [1.807, 2.05) is 32.9 Å². The Balaban J connectivity index is 1.74. The van der Waals surface area contributed by atoms with E-state index in [0.717, 1.165) is 12.0 Å². The molecule has 0 aromatic rings. The largest absolute Gasteiger partial charge is 0.456 e. The number of aliphatic hydroxyl groups is 3. The fourth-order valence-corrected chi connectivity index (χ4v) is 9.47. The highest BCUT2D eigenvalue weighted by molar-refractivity contribution is 6.39. The summed E-state index contributed by atoms with van der Waals surface area (Å²) in [6.07, 6.45) is 4.77. The molecule has 4 rings (SSSR count). The number of cyclic esters (lactones) is 1. The minimum absolute atomic E-state index is 0.0389. The third-order valence-electron chi connectivity index (χ3n) is 13.2. The highest BCUT2D eigenvalue weighted by Gasteiger charge is 2.57. The van der Waals surface area contributed by atoms with Gasteiger partial charge in [0.15, 0.2) is 0 Å². The van der Waals surface area contributed by atoms with Crippen LogP contribution in [0, 0.1) is 29.6 Å². The number of hydrogen-bond donors (Lipinski definition) is 3. The fraction of sp³-hybridized carbons (Fsp3) is 0.778. The summed E-state index contributed by atoms with van der Waals surface area (Å²) in [6, 6.07) is -1.16. The van der Waals surface area contributed by atoms with Gasteiger partial charge >= 0.3 is 5.97 Å². The Morgan fingerprint density at radius 2 is 1.66 bits per heavy atom. The van der Waals surface area contributed by atoms with Crippen molar-refractivity contribution in [1.29, 1.82) is 0 Å². The van der Waals surface area contributed by atoms with Gasteiger partial charge in [-0.15, -0.1) is 6.58 Å². The average Bonchev–Trinajstić information content (AvgIpc) is 3.20. The third-order valence-corrected chi connectivity index (χ3v) is 13.2. The lowest BCUT2D eigenvalue weighted by Gasteiger charge is -2.47. The van der Waals surface area contributed by atoms with Crippen molar-refractivity contribution >= 4 is 23.4 Å². The number of hydrogen-bond acceptors (Lipinski definition) is 12. The molecular formula is C45H71NO12. The number of methoxy groups -OCH3 is 2. The number of esters is 1. The summed E-state index contributed by atoms with van der Waals surface area (Å²) in [4.78, 5) is 57.7. The van der Waals surface area contributed by atoms with Gasteiger partial charge < -0.3 is 43.9 Å². The summed E-state index contributed by atoms with van der Waals surface area (Å²) in [5.74, 6) is -7.17. The van der Waals surface area contributed by atoms with Gasteiger partial charge in [0.1, 0.15) is 24.0 Å². The fourth-order valence-electron chi connectivity index (χ4n) is 9.47. The maximum Gasteiger partial charge on any atom is 0.329 e. The second-order valence-electron chi connectivity index (χ2n) is 17.6. The van der Waals surface area contributed by atoms with E-state index in [-0.39, 0.29) is 61.9 Å². The van der Waals surface area contributed by atoms with E-state index in [9.17, 15) is 34.5 Å². The molecule has 2 bridgehead atoms. The van der Waals surface area contributed by atoms with Crippen molar-refractivity contribution in [2.45, 2.75) is 167 Å². The molecule has 14 unspecified atom stereocenters. The van der Waals surface area contributed by atoms with Gasteiger partial charge in [0, 0.05) is 45.4 Å². The molecule has 58 heavy (non-hydrogen) atoms. The van der Waals surface area contributed by atoms with Gasteiger partial charge in [-0.2, -0.15) is 0 Å². The van der Waals surface area contributed by atoms with E-state index in [0.29, 0.717) is 50.7 Å². The third kappa shape index (κ3) is 11.7. The molecule has 2 saturated heterocycles. The predicted octanol–water partition coefficient (Wildman–Crippen LogP) is 5.03. The Bertz CT molecular complexity index is 1500. The molecular weight excluding hydrogens is 746 g/mol. The molecule has 0 aromatic heterocycles. The number of piperidine rings is 1. The number of amides is 1. The summed E-state index contributed by atoms with van der Waals surface area (Å²) in [5.41, 5.74) is 1.61. The standard InChI is InChI=1S/C45H71NO12/c1-10-18-56-37-15-13-32(24-36(37)49)21-28(5)40-30(7)35(48)25-33(47)14-12-26(3)19-27(4)20-38(54-8)41-39(55-9)22-29(6)45(53,58-41)42(50)43(51)46-17-16-31(11-2)23-34(46)44(52)57-40/h10,12,21,27,29-32,34-41,48-49,53H,1,11,13-20,22-25H2,2-9H3/b26-12-,28-21?. The zero-order valence-corrected chi connectivity index (χ0v) is 36.1. The normalized spacial score (nSPS) is 40.5. The molecule has 4 aliphatic rings. The molecule has 1 aliphatic carbocycles. The van der Waals surface area contributed by atoms with Crippen molar-refractivity contribution in [2.75, 3.05) is 27.4 Å². The van der Waals surface area contributed by atoms with Crippen molar-refractivity contribution in [3.8, 4) is 0 Å². The number of rotatable bonds is 8. The molecule has 3 heterocycles. The number of aliphatic hydroxyl groups excluding tert-OH is 2. The van der Waals surface area contributed by atoms with E-state index < -0.39 is 77.9 Å². The molecule has 13 heteroatoms. The maximum absolute atomic E-state index is 14.5. The van der Waals surface area contributed by atoms with Gasteiger partial charge in [0.05, 0.1) is 37.1 Å². The van der Waals surface area contributed by atoms with Crippen LogP contribution in [-0.4, -0.2) is 126 Å². The van der Waals surface area contributed by atoms with Crippen molar-refractivity contribution in [3.05, 3.63) is 36.0 Å². The van der Waals surface area contributed by atoms with Gasteiger partial charge in [-0.05, 0) is 88.5 Å². The predicted molar refractivity (Wildman–Crippen MR) is 217 cm³/mol. The van der Waals surface area contributed by atoms with E-state index in [4.69, 9.17) is 23.7 Å². The first kappa shape index (κ1) is 47.9. The minimum Gasteiger partial charge on any atom is -0.456 e.